The monoisotopic (exact) mass is 347 g/mol. The smallest absolute Gasteiger partial charge is 0.338 e. The molecule has 0 heterocycles. The highest BCUT2D eigenvalue weighted by molar-refractivity contribution is 6.02. The maximum absolute atomic E-state index is 12.3. The summed E-state index contributed by atoms with van der Waals surface area (Å²) in [6.07, 6.45) is 0. The Morgan fingerprint density at radius 3 is 2.19 bits per heavy atom. The van der Waals surface area contributed by atoms with Gasteiger partial charge in [-0.1, -0.05) is 36.4 Å². The molecular weight excluding hydrogens is 330 g/mol. The number of anilines is 1. The van der Waals surface area contributed by atoms with Crippen LogP contribution in [0.5, 0.6) is 0 Å². The van der Waals surface area contributed by atoms with Gasteiger partial charge in [0.2, 0.25) is 5.91 Å². The van der Waals surface area contributed by atoms with Crippen molar-refractivity contribution in [2.75, 3.05) is 11.9 Å². The number of amides is 1. The highest BCUT2D eigenvalue weighted by Crippen LogP contribution is 2.16. The van der Waals surface area contributed by atoms with Gasteiger partial charge >= 0.3 is 5.97 Å². The molecule has 0 spiro atoms. The molecule has 0 fully saturated rings. The zero-order valence-electron chi connectivity index (χ0n) is 14.2. The van der Waals surface area contributed by atoms with Crippen LogP contribution in [-0.2, 0) is 9.53 Å². The highest BCUT2D eigenvalue weighted by Gasteiger charge is 2.12. The maximum Gasteiger partial charge on any atom is 0.338 e. The summed E-state index contributed by atoms with van der Waals surface area (Å²) in [5.41, 5.74) is 1.39. The molecular formula is C21H17NO4. The summed E-state index contributed by atoms with van der Waals surface area (Å²) in [6.45, 7) is 1.07. The molecule has 0 unspecified atom stereocenters. The molecule has 1 N–H and O–H groups in total. The van der Waals surface area contributed by atoms with Crippen molar-refractivity contribution in [1.82, 2.24) is 0 Å². The molecule has 26 heavy (non-hydrogen) atoms. The number of carbonyl (C=O) groups is 3. The molecule has 0 radical (unpaired) electrons. The minimum absolute atomic E-state index is 0.193. The standard InChI is InChI=1S/C21H17NO4/c1-14(23)22-19-10-8-16(9-11-19)21(25)26-13-20(24)18-7-6-15-4-2-3-5-17(15)12-18/h2-12H,13H2,1H3,(H,22,23). The number of carbonyl (C=O) groups excluding carboxylic acids is 3. The first-order chi connectivity index (χ1) is 12.5. The molecule has 5 nitrogen and oxygen atoms in total. The molecule has 1 amide bonds. The second-order valence-corrected chi connectivity index (χ2v) is 5.82. The Labute approximate surface area is 150 Å². The summed E-state index contributed by atoms with van der Waals surface area (Å²) >= 11 is 0. The zero-order chi connectivity index (χ0) is 18.5. The number of hydrogen-bond acceptors (Lipinski definition) is 4. The number of nitrogens with one attached hydrogen (secondary N) is 1. The molecule has 0 atom stereocenters. The summed E-state index contributed by atoms with van der Waals surface area (Å²) in [5.74, 6) is -1.05. The Morgan fingerprint density at radius 1 is 0.846 bits per heavy atom. The lowest BCUT2D eigenvalue weighted by molar-refractivity contribution is -0.114. The minimum Gasteiger partial charge on any atom is -0.454 e. The Bertz CT molecular complexity index is 977. The van der Waals surface area contributed by atoms with Crippen LogP contribution in [0.4, 0.5) is 5.69 Å². The van der Waals surface area contributed by atoms with Crippen LogP contribution in [0.1, 0.15) is 27.6 Å². The van der Waals surface area contributed by atoms with Crippen LogP contribution >= 0.6 is 0 Å². The first-order valence-corrected chi connectivity index (χ1v) is 8.10. The molecule has 3 aromatic carbocycles. The van der Waals surface area contributed by atoms with Gasteiger partial charge in [-0.25, -0.2) is 4.79 Å². The van der Waals surface area contributed by atoms with E-state index in [1.165, 1.54) is 19.1 Å². The van der Waals surface area contributed by atoms with Gasteiger partial charge in [0.25, 0.3) is 0 Å². The first-order valence-electron chi connectivity index (χ1n) is 8.10. The van der Waals surface area contributed by atoms with Crippen LogP contribution in [0, 0.1) is 0 Å². The number of esters is 1. The first kappa shape index (κ1) is 17.4. The van der Waals surface area contributed by atoms with E-state index in [0.29, 0.717) is 16.8 Å². The Balaban J connectivity index is 1.62. The quantitative estimate of drug-likeness (QED) is 0.562. The third kappa shape index (κ3) is 4.13. The normalized spacial score (nSPS) is 10.3. The van der Waals surface area contributed by atoms with Gasteiger partial charge < -0.3 is 10.1 Å². The molecule has 0 bridgehead atoms. The van der Waals surface area contributed by atoms with E-state index in [0.717, 1.165) is 10.8 Å². The number of benzene rings is 3. The summed E-state index contributed by atoms with van der Waals surface area (Å²) in [5, 5.41) is 4.61. The van der Waals surface area contributed by atoms with Crippen molar-refractivity contribution in [3.05, 3.63) is 77.9 Å². The highest BCUT2D eigenvalue weighted by atomic mass is 16.5. The lowest BCUT2D eigenvalue weighted by Gasteiger charge is -2.07. The number of Topliss-reactive ketones (excluding diaryl/α,β-unsaturated/α-hetero) is 1. The van der Waals surface area contributed by atoms with Gasteiger partial charge in [-0.3, -0.25) is 9.59 Å². The third-order valence-corrected chi connectivity index (χ3v) is 3.85. The Hall–Kier alpha value is -3.47. The fourth-order valence-corrected chi connectivity index (χ4v) is 2.55. The van der Waals surface area contributed by atoms with Crippen molar-refractivity contribution in [3.63, 3.8) is 0 Å². The average molecular weight is 347 g/mol. The maximum atomic E-state index is 12.3. The van der Waals surface area contributed by atoms with Gasteiger partial charge in [0, 0.05) is 18.2 Å². The molecule has 5 heteroatoms. The Morgan fingerprint density at radius 2 is 1.50 bits per heavy atom. The van der Waals surface area contributed by atoms with E-state index in [1.807, 2.05) is 30.3 Å². The predicted octanol–water partition coefficient (Wildman–Crippen LogP) is 3.84. The fourth-order valence-electron chi connectivity index (χ4n) is 2.55. The van der Waals surface area contributed by atoms with E-state index in [1.54, 1.807) is 24.3 Å². The van der Waals surface area contributed by atoms with Crippen molar-refractivity contribution in [2.24, 2.45) is 0 Å². The second-order valence-electron chi connectivity index (χ2n) is 5.82. The topological polar surface area (TPSA) is 72.5 Å². The van der Waals surface area contributed by atoms with E-state index in [9.17, 15) is 14.4 Å². The summed E-state index contributed by atoms with van der Waals surface area (Å²) in [4.78, 5) is 35.3. The van der Waals surface area contributed by atoms with Gasteiger partial charge in [0.15, 0.2) is 12.4 Å². The molecule has 3 aromatic rings. The van der Waals surface area contributed by atoms with Crippen molar-refractivity contribution >= 4 is 34.1 Å². The summed E-state index contributed by atoms with van der Waals surface area (Å²) in [6, 6.07) is 19.4. The summed E-state index contributed by atoms with van der Waals surface area (Å²) in [7, 11) is 0. The number of ketones is 1. The zero-order valence-corrected chi connectivity index (χ0v) is 14.2. The van der Waals surface area contributed by atoms with Crippen molar-refractivity contribution in [2.45, 2.75) is 6.92 Å². The van der Waals surface area contributed by atoms with E-state index < -0.39 is 5.97 Å². The largest absolute Gasteiger partial charge is 0.454 e. The number of ether oxygens (including phenoxy) is 1. The van der Waals surface area contributed by atoms with Crippen molar-refractivity contribution < 1.29 is 19.1 Å². The lowest BCUT2D eigenvalue weighted by Crippen LogP contribution is -2.14. The van der Waals surface area contributed by atoms with Crippen molar-refractivity contribution in [1.29, 1.82) is 0 Å². The van der Waals surface area contributed by atoms with Crippen LogP contribution in [0.2, 0.25) is 0 Å². The van der Waals surface area contributed by atoms with E-state index in [2.05, 4.69) is 5.32 Å². The van der Waals surface area contributed by atoms with E-state index in [4.69, 9.17) is 4.74 Å². The predicted molar refractivity (Wildman–Crippen MR) is 99.3 cm³/mol. The molecule has 0 aliphatic heterocycles. The number of fused-ring (bicyclic) bond motifs is 1. The number of rotatable bonds is 5. The van der Waals surface area contributed by atoms with Crippen LogP contribution < -0.4 is 5.32 Å². The van der Waals surface area contributed by atoms with Crippen LogP contribution in [0.3, 0.4) is 0 Å². The molecule has 130 valence electrons. The van der Waals surface area contributed by atoms with Gasteiger partial charge in [-0.2, -0.15) is 0 Å². The van der Waals surface area contributed by atoms with E-state index >= 15 is 0 Å². The van der Waals surface area contributed by atoms with Gasteiger partial charge in [-0.15, -0.1) is 0 Å². The van der Waals surface area contributed by atoms with E-state index in [-0.39, 0.29) is 18.3 Å². The van der Waals surface area contributed by atoms with Gasteiger partial charge in [-0.05, 0) is 41.1 Å². The minimum atomic E-state index is -0.589. The van der Waals surface area contributed by atoms with Crippen molar-refractivity contribution in [3.8, 4) is 0 Å². The summed E-state index contributed by atoms with van der Waals surface area (Å²) < 4.78 is 5.10. The molecule has 0 aromatic heterocycles. The second kappa shape index (κ2) is 7.61. The lowest BCUT2D eigenvalue weighted by atomic mass is 10.0. The molecule has 3 rings (SSSR count). The van der Waals surface area contributed by atoms with Gasteiger partial charge in [0.1, 0.15) is 0 Å². The molecule has 0 aliphatic rings. The Kier molecular flexibility index (Phi) is 5.08. The van der Waals surface area contributed by atoms with Gasteiger partial charge in [0.05, 0.1) is 5.56 Å². The van der Waals surface area contributed by atoms with Crippen LogP contribution in [-0.4, -0.2) is 24.3 Å². The van der Waals surface area contributed by atoms with Crippen LogP contribution in [0.15, 0.2) is 66.7 Å². The molecule has 0 aliphatic carbocycles. The fraction of sp³-hybridized carbons (Fsp3) is 0.0952. The number of hydrogen-bond donors (Lipinski definition) is 1. The molecule has 0 saturated heterocycles. The average Bonchev–Trinajstić information content (AvgIpc) is 2.65. The van der Waals surface area contributed by atoms with Crippen LogP contribution in [0.25, 0.3) is 10.8 Å². The third-order valence-electron chi connectivity index (χ3n) is 3.85. The SMILES string of the molecule is CC(=O)Nc1ccc(C(=O)OCC(=O)c2ccc3ccccc3c2)cc1. The molecule has 0 saturated carbocycles.